The second kappa shape index (κ2) is 8.43. The number of rotatable bonds is 4. The summed E-state index contributed by atoms with van der Waals surface area (Å²) in [6.45, 7) is 8.82. The van der Waals surface area contributed by atoms with E-state index >= 15 is 0 Å². The first-order valence-corrected chi connectivity index (χ1v) is 10.9. The number of carbonyl (C=O) groups excluding carboxylic acids is 1. The first kappa shape index (κ1) is 20.3. The van der Waals surface area contributed by atoms with Crippen molar-refractivity contribution in [2.45, 2.75) is 52.4 Å². The molecule has 3 aromatic rings. The molecule has 0 spiro atoms. The fraction of sp³-hybridized carbons (Fsp3) is 0.333. The highest BCUT2D eigenvalue weighted by Crippen LogP contribution is 2.46. The van der Waals surface area contributed by atoms with Crippen molar-refractivity contribution in [3.05, 3.63) is 83.1 Å². The van der Waals surface area contributed by atoms with Gasteiger partial charge in [-0.1, -0.05) is 80.9 Å². The fourth-order valence-electron chi connectivity index (χ4n) is 4.54. The number of aryl methyl sites for hydroxylation is 1. The molecule has 0 aliphatic heterocycles. The van der Waals surface area contributed by atoms with E-state index in [2.05, 4.69) is 52.0 Å². The average Bonchev–Trinajstić information content (AvgIpc) is 3.15. The first-order valence-electron chi connectivity index (χ1n) is 10.9. The maximum Gasteiger partial charge on any atom is 0.271 e. The number of fused-ring (bicyclic) bond motifs is 1. The van der Waals surface area contributed by atoms with Crippen LogP contribution in [0.1, 0.15) is 72.6 Å². The minimum atomic E-state index is -0.0752. The van der Waals surface area contributed by atoms with Gasteiger partial charge in [0, 0.05) is 23.1 Å². The molecule has 0 N–H and O–H groups in total. The van der Waals surface area contributed by atoms with Crippen molar-refractivity contribution >= 4 is 12.0 Å². The van der Waals surface area contributed by atoms with Crippen LogP contribution in [-0.4, -0.2) is 15.7 Å². The van der Waals surface area contributed by atoms with Gasteiger partial charge in [-0.15, -0.1) is 0 Å². The molecule has 1 aliphatic rings. The van der Waals surface area contributed by atoms with Gasteiger partial charge in [0.15, 0.2) is 0 Å². The minimum absolute atomic E-state index is 0.0752. The molecule has 3 nitrogen and oxygen atoms in total. The van der Waals surface area contributed by atoms with E-state index in [-0.39, 0.29) is 5.91 Å². The maximum absolute atomic E-state index is 13.3. The summed E-state index contributed by atoms with van der Waals surface area (Å²) >= 11 is 0. The van der Waals surface area contributed by atoms with Crippen molar-refractivity contribution in [2.24, 2.45) is 5.92 Å². The Kier molecular flexibility index (Phi) is 5.72. The Hall–Kier alpha value is -2.94. The molecular formula is C27H30N2O. The van der Waals surface area contributed by atoms with Crippen LogP contribution in [0, 0.1) is 12.8 Å². The van der Waals surface area contributed by atoms with Crippen molar-refractivity contribution in [3.63, 3.8) is 0 Å². The topological polar surface area (TPSA) is 34.9 Å². The Bertz CT molecular complexity index is 1060. The van der Waals surface area contributed by atoms with E-state index < -0.39 is 0 Å². The van der Waals surface area contributed by atoms with Crippen LogP contribution >= 0.6 is 0 Å². The molecule has 4 rings (SSSR count). The van der Waals surface area contributed by atoms with Crippen LogP contribution in [0.25, 0.3) is 17.3 Å². The molecule has 0 radical (unpaired) electrons. The SMILES string of the molecule is Cc1ccc(/C=C\C(=O)n2nc(-c3ccccc3)c3c2[C@H](C(C)C)CC[C@@H]3C)cc1. The summed E-state index contributed by atoms with van der Waals surface area (Å²) in [5.74, 6) is 1.13. The summed E-state index contributed by atoms with van der Waals surface area (Å²) in [5.41, 5.74) is 6.64. The van der Waals surface area contributed by atoms with Crippen LogP contribution in [0.3, 0.4) is 0 Å². The van der Waals surface area contributed by atoms with Gasteiger partial charge in [0.1, 0.15) is 0 Å². The third-order valence-corrected chi connectivity index (χ3v) is 6.27. The van der Waals surface area contributed by atoms with Crippen molar-refractivity contribution in [1.82, 2.24) is 9.78 Å². The van der Waals surface area contributed by atoms with Gasteiger partial charge in [-0.25, -0.2) is 4.68 Å². The number of benzene rings is 2. The van der Waals surface area contributed by atoms with E-state index in [1.54, 1.807) is 10.8 Å². The molecule has 0 saturated heterocycles. The van der Waals surface area contributed by atoms with Crippen molar-refractivity contribution in [3.8, 4) is 11.3 Å². The second-order valence-electron chi connectivity index (χ2n) is 8.84. The molecule has 0 saturated carbocycles. The summed E-state index contributed by atoms with van der Waals surface area (Å²) in [6.07, 6.45) is 5.77. The number of hydrogen-bond donors (Lipinski definition) is 0. The molecule has 0 unspecified atom stereocenters. The van der Waals surface area contributed by atoms with Crippen LogP contribution < -0.4 is 0 Å². The molecule has 2 aromatic carbocycles. The van der Waals surface area contributed by atoms with Crippen molar-refractivity contribution in [1.29, 1.82) is 0 Å². The average molecular weight is 399 g/mol. The Balaban J connectivity index is 1.80. The van der Waals surface area contributed by atoms with Crippen LogP contribution in [0.5, 0.6) is 0 Å². The van der Waals surface area contributed by atoms with E-state index in [9.17, 15) is 4.79 Å². The predicted octanol–water partition coefficient (Wildman–Crippen LogP) is 6.85. The van der Waals surface area contributed by atoms with E-state index in [0.717, 1.165) is 35.4 Å². The standard InChI is InChI=1S/C27H30N2O/c1-18(2)23-16-12-20(4)25-26(22-8-6-5-7-9-22)28-29(27(23)25)24(30)17-15-21-13-10-19(3)11-14-21/h5-11,13-15,17-18,20,23H,12,16H2,1-4H3/b17-15-/t20-,23-/m0/s1. The third-order valence-electron chi connectivity index (χ3n) is 6.27. The molecular weight excluding hydrogens is 368 g/mol. The summed E-state index contributed by atoms with van der Waals surface area (Å²) in [7, 11) is 0. The van der Waals surface area contributed by atoms with E-state index in [4.69, 9.17) is 5.10 Å². The summed E-state index contributed by atoms with van der Waals surface area (Å²) < 4.78 is 1.68. The van der Waals surface area contributed by atoms with E-state index in [0.29, 0.717) is 17.8 Å². The number of allylic oxidation sites excluding steroid dienone is 1. The van der Waals surface area contributed by atoms with Gasteiger partial charge >= 0.3 is 0 Å². The van der Waals surface area contributed by atoms with Gasteiger partial charge in [0.2, 0.25) is 0 Å². The highest BCUT2D eigenvalue weighted by Gasteiger charge is 2.35. The van der Waals surface area contributed by atoms with Crippen LogP contribution in [-0.2, 0) is 0 Å². The minimum Gasteiger partial charge on any atom is -0.267 e. The molecule has 154 valence electrons. The van der Waals surface area contributed by atoms with Crippen molar-refractivity contribution < 1.29 is 4.79 Å². The van der Waals surface area contributed by atoms with E-state index in [1.165, 1.54) is 11.1 Å². The Morgan fingerprint density at radius 3 is 2.43 bits per heavy atom. The zero-order valence-electron chi connectivity index (χ0n) is 18.3. The first-order chi connectivity index (χ1) is 14.5. The third kappa shape index (κ3) is 3.89. The molecule has 30 heavy (non-hydrogen) atoms. The fourth-order valence-corrected chi connectivity index (χ4v) is 4.54. The lowest BCUT2D eigenvalue weighted by Crippen LogP contribution is -2.23. The maximum atomic E-state index is 13.3. The molecule has 0 fully saturated rings. The number of carbonyl (C=O) groups is 1. The van der Waals surface area contributed by atoms with Crippen LogP contribution in [0.2, 0.25) is 0 Å². The lowest BCUT2D eigenvalue weighted by molar-refractivity contribution is 0.0947. The number of nitrogens with zero attached hydrogens (tertiary/aromatic N) is 2. The van der Waals surface area contributed by atoms with Crippen LogP contribution in [0.15, 0.2) is 60.7 Å². The zero-order chi connectivity index (χ0) is 21.3. The Morgan fingerprint density at radius 2 is 1.77 bits per heavy atom. The molecule has 1 aromatic heterocycles. The highest BCUT2D eigenvalue weighted by atomic mass is 16.2. The van der Waals surface area contributed by atoms with E-state index in [1.807, 2.05) is 36.4 Å². The largest absolute Gasteiger partial charge is 0.271 e. The Labute approximate surface area is 179 Å². The van der Waals surface area contributed by atoms with Gasteiger partial charge in [0.05, 0.1) is 11.4 Å². The predicted molar refractivity (Wildman–Crippen MR) is 124 cm³/mol. The summed E-state index contributed by atoms with van der Waals surface area (Å²) in [6, 6.07) is 18.5. The molecule has 2 atom stereocenters. The second-order valence-corrected chi connectivity index (χ2v) is 8.84. The van der Waals surface area contributed by atoms with Gasteiger partial charge in [-0.05, 0) is 43.2 Å². The number of aromatic nitrogens is 2. The monoisotopic (exact) mass is 398 g/mol. The van der Waals surface area contributed by atoms with Gasteiger partial charge in [0.25, 0.3) is 5.91 Å². The van der Waals surface area contributed by atoms with Crippen molar-refractivity contribution in [2.75, 3.05) is 0 Å². The molecule has 0 bridgehead atoms. The molecule has 1 heterocycles. The zero-order valence-corrected chi connectivity index (χ0v) is 18.3. The Morgan fingerprint density at radius 1 is 1.07 bits per heavy atom. The van der Waals surface area contributed by atoms with Gasteiger partial charge in [-0.3, -0.25) is 4.79 Å². The lowest BCUT2D eigenvalue weighted by atomic mass is 9.75. The smallest absolute Gasteiger partial charge is 0.267 e. The lowest BCUT2D eigenvalue weighted by Gasteiger charge is -2.30. The summed E-state index contributed by atoms with van der Waals surface area (Å²) in [4.78, 5) is 13.3. The molecule has 1 aliphatic carbocycles. The quantitative estimate of drug-likeness (QED) is 0.451. The molecule has 0 amide bonds. The van der Waals surface area contributed by atoms with Gasteiger partial charge < -0.3 is 0 Å². The molecule has 3 heteroatoms. The van der Waals surface area contributed by atoms with Gasteiger partial charge in [-0.2, -0.15) is 5.10 Å². The summed E-state index contributed by atoms with van der Waals surface area (Å²) in [5, 5.41) is 4.89. The number of hydrogen-bond acceptors (Lipinski definition) is 2. The normalized spacial score (nSPS) is 18.7. The highest BCUT2D eigenvalue weighted by molar-refractivity contribution is 5.94. The van der Waals surface area contributed by atoms with Crippen LogP contribution in [0.4, 0.5) is 0 Å².